The molecule has 0 aromatic carbocycles. The van der Waals surface area contributed by atoms with Crippen LogP contribution >= 0.6 is 0 Å². The summed E-state index contributed by atoms with van der Waals surface area (Å²) in [4.78, 5) is 2.48. The molecule has 0 radical (unpaired) electrons. The number of morpholine rings is 1. The molecular weight excluding hydrogens is 152 g/mol. The molecule has 12 heavy (non-hydrogen) atoms. The first-order valence-corrected chi connectivity index (χ1v) is 4.79. The van der Waals surface area contributed by atoms with Crippen molar-refractivity contribution in [3.05, 3.63) is 0 Å². The van der Waals surface area contributed by atoms with Crippen LogP contribution in [0.25, 0.3) is 0 Å². The van der Waals surface area contributed by atoms with Crippen molar-refractivity contribution in [2.75, 3.05) is 26.3 Å². The van der Waals surface area contributed by atoms with Gasteiger partial charge in [0.05, 0.1) is 13.2 Å². The molecule has 0 spiro atoms. The average molecular weight is 172 g/mol. The molecule has 2 unspecified atom stereocenters. The smallest absolute Gasteiger partial charge is 0.0619 e. The molecule has 1 heterocycles. The van der Waals surface area contributed by atoms with Gasteiger partial charge in [-0.2, -0.15) is 0 Å². The molecule has 0 amide bonds. The third-order valence-corrected chi connectivity index (χ3v) is 2.57. The van der Waals surface area contributed by atoms with Crippen molar-refractivity contribution < 1.29 is 4.74 Å². The van der Waals surface area contributed by atoms with Crippen LogP contribution in [0.15, 0.2) is 0 Å². The van der Waals surface area contributed by atoms with E-state index < -0.39 is 0 Å². The second-order valence-electron chi connectivity index (χ2n) is 3.59. The summed E-state index contributed by atoms with van der Waals surface area (Å²) in [6.45, 7) is 8.04. The van der Waals surface area contributed by atoms with E-state index in [4.69, 9.17) is 10.5 Å². The number of nitrogens with zero attached hydrogens (tertiary/aromatic N) is 1. The summed E-state index contributed by atoms with van der Waals surface area (Å²) in [6.07, 6.45) is 1.09. The molecule has 0 aromatic heterocycles. The van der Waals surface area contributed by atoms with Crippen LogP contribution in [0.2, 0.25) is 0 Å². The van der Waals surface area contributed by atoms with Gasteiger partial charge in [-0.05, 0) is 26.8 Å². The van der Waals surface area contributed by atoms with Gasteiger partial charge in [-0.3, -0.25) is 4.90 Å². The fourth-order valence-corrected chi connectivity index (χ4v) is 1.80. The highest BCUT2D eigenvalue weighted by atomic mass is 16.5. The lowest BCUT2D eigenvalue weighted by Crippen LogP contribution is -2.48. The second kappa shape index (κ2) is 4.80. The summed E-state index contributed by atoms with van der Waals surface area (Å²) in [5.74, 6) is 0. The van der Waals surface area contributed by atoms with Crippen molar-refractivity contribution in [2.45, 2.75) is 32.4 Å². The highest BCUT2D eigenvalue weighted by molar-refractivity contribution is 4.76. The Bertz CT molecular complexity index is 130. The molecule has 2 atom stereocenters. The van der Waals surface area contributed by atoms with Crippen molar-refractivity contribution in [1.82, 2.24) is 4.90 Å². The van der Waals surface area contributed by atoms with Gasteiger partial charge in [0.15, 0.2) is 0 Å². The maximum atomic E-state index is 5.52. The minimum absolute atomic E-state index is 0.556. The molecule has 1 saturated heterocycles. The number of hydrogen-bond acceptors (Lipinski definition) is 3. The van der Waals surface area contributed by atoms with Crippen molar-refractivity contribution >= 4 is 0 Å². The highest BCUT2D eigenvalue weighted by Gasteiger charge is 2.22. The zero-order valence-corrected chi connectivity index (χ0v) is 8.12. The SMILES string of the molecule is CC(CCN)N1CCOCC1C. The van der Waals surface area contributed by atoms with Gasteiger partial charge in [0, 0.05) is 18.6 Å². The zero-order valence-electron chi connectivity index (χ0n) is 8.12. The van der Waals surface area contributed by atoms with Gasteiger partial charge < -0.3 is 10.5 Å². The Kier molecular flexibility index (Phi) is 3.98. The standard InChI is InChI=1S/C9H20N2O/c1-8(3-4-10)11-5-6-12-7-9(11)2/h8-9H,3-7,10H2,1-2H3. The van der Waals surface area contributed by atoms with Crippen LogP contribution in [-0.4, -0.2) is 43.3 Å². The fourth-order valence-electron chi connectivity index (χ4n) is 1.80. The molecule has 3 heteroatoms. The molecule has 2 N–H and O–H groups in total. The molecule has 1 rings (SSSR count). The largest absolute Gasteiger partial charge is 0.379 e. The van der Waals surface area contributed by atoms with Crippen LogP contribution < -0.4 is 5.73 Å². The summed E-state index contributed by atoms with van der Waals surface area (Å²) in [5.41, 5.74) is 5.52. The number of hydrogen-bond donors (Lipinski definition) is 1. The summed E-state index contributed by atoms with van der Waals surface area (Å²) in [6, 6.07) is 1.16. The lowest BCUT2D eigenvalue weighted by atomic mass is 10.1. The Morgan fingerprint density at radius 2 is 2.42 bits per heavy atom. The molecule has 0 bridgehead atoms. The zero-order chi connectivity index (χ0) is 8.97. The van der Waals surface area contributed by atoms with Crippen LogP contribution in [-0.2, 0) is 4.74 Å². The predicted molar refractivity (Wildman–Crippen MR) is 50.1 cm³/mol. The summed E-state index contributed by atoms with van der Waals surface area (Å²) in [7, 11) is 0. The quantitative estimate of drug-likeness (QED) is 0.671. The van der Waals surface area contributed by atoms with Crippen LogP contribution in [0, 0.1) is 0 Å². The van der Waals surface area contributed by atoms with Crippen LogP contribution in [0.4, 0.5) is 0 Å². The Morgan fingerprint density at radius 3 is 3.00 bits per heavy atom. The minimum atomic E-state index is 0.556. The minimum Gasteiger partial charge on any atom is -0.379 e. The Labute approximate surface area is 74.9 Å². The lowest BCUT2D eigenvalue weighted by molar-refractivity contribution is -0.0194. The predicted octanol–water partition coefficient (Wildman–Crippen LogP) is 0.444. The van der Waals surface area contributed by atoms with Gasteiger partial charge >= 0.3 is 0 Å². The van der Waals surface area contributed by atoms with Gasteiger partial charge in [-0.1, -0.05) is 0 Å². The van der Waals surface area contributed by atoms with Crippen LogP contribution in [0.3, 0.4) is 0 Å². The summed E-state index contributed by atoms with van der Waals surface area (Å²) >= 11 is 0. The Morgan fingerprint density at radius 1 is 1.67 bits per heavy atom. The average Bonchev–Trinajstić information content (AvgIpc) is 2.05. The molecule has 0 saturated carbocycles. The molecule has 1 aliphatic heterocycles. The van der Waals surface area contributed by atoms with E-state index in [1.807, 2.05) is 0 Å². The first-order chi connectivity index (χ1) is 5.75. The van der Waals surface area contributed by atoms with Gasteiger partial charge in [0.2, 0.25) is 0 Å². The van der Waals surface area contributed by atoms with Crippen molar-refractivity contribution in [2.24, 2.45) is 5.73 Å². The van der Waals surface area contributed by atoms with E-state index >= 15 is 0 Å². The van der Waals surface area contributed by atoms with Gasteiger partial charge in [-0.25, -0.2) is 0 Å². The topological polar surface area (TPSA) is 38.5 Å². The molecule has 0 aromatic rings. The van der Waals surface area contributed by atoms with E-state index in [0.717, 1.165) is 32.7 Å². The van der Waals surface area contributed by atoms with Crippen LogP contribution in [0.1, 0.15) is 20.3 Å². The number of nitrogens with two attached hydrogens (primary N) is 1. The first kappa shape index (κ1) is 9.96. The molecular formula is C9H20N2O. The van der Waals surface area contributed by atoms with Crippen molar-refractivity contribution in [3.63, 3.8) is 0 Å². The van der Waals surface area contributed by atoms with E-state index in [9.17, 15) is 0 Å². The molecule has 0 aliphatic carbocycles. The third-order valence-electron chi connectivity index (χ3n) is 2.57. The number of rotatable bonds is 3. The van der Waals surface area contributed by atoms with E-state index in [1.54, 1.807) is 0 Å². The molecule has 1 fully saturated rings. The number of ether oxygens (including phenoxy) is 1. The first-order valence-electron chi connectivity index (χ1n) is 4.79. The molecule has 1 aliphatic rings. The normalized spacial score (nSPS) is 28.8. The van der Waals surface area contributed by atoms with Gasteiger partial charge in [-0.15, -0.1) is 0 Å². The summed E-state index contributed by atoms with van der Waals surface area (Å²) in [5, 5.41) is 0. The van der Waals surface area contributed by atoms with E-state index in [0.29, 0.717) is 12.1 Å². The Hall–Kier alpha value is -0.120. The maximum absolute atomic E-state index is 5.52. The second-order valence-corrected chi connectivity index (χ2v) is 3.59. The fraction of sp³-hybridized carbons (Fsp3) is 1.00. The van der Waals surface area contributed by atoms with E-state index in [1.165, 1.54) is 0 Å². The third kappa shape index (κ3) is 2.44. The maximum Gasteiger partial charge on any atom is 0.0619 e. The Balaban J connectivity index is 2.36. The lowest BCUT2D eigenvalue weighted by Gasteiger charge is -2.37. The van der Waals surface area contributed by atoms with Crippen molar-refractivity contribution in [1.29, 1.82) is 0 Å². The monoisotopic (exact) mass is 172 g/mol. The van der Waals surface area contributed by atoms with E-state index in [-0.39, 0.29) is 0 Å². The van der Waals surface area contributed by atoms with Gasteiger partial charge in [0.1, 0.15) is 0 Å². The summed E-state index contributed by atoms with van der Waals surface area (Å²) < 4.78 is 5.37. The highest BCUT2D eigenvalue weighted by Crippen LogP contribution is 2.12. The molecule has 3 nitrogen and oxygen atoms in total. The van der Waals surface area contributed by atoms with Crippen molar-refractivity contribution in [3.8, 4) is 0 Å². The van der Waals surface area contributed by atoms with Crippen LogP contribution in [0.5, 0.6) is 0 Å². The van der Waals surface area contributed by atoms with E-state index in [2.05, 4.69) is 18.7 Å². The molecule has 72 valence electrons. The van der Waals surface area contributed by atoms with Gasteiger partial charge in [0.25, 0.3) is 0 Å².